The number of benzene rings is 1. The topological polar surface area (TPSA) is 66.7 Å². The summed E-state index contributed by atoms with van der Waals surface area (Å²) in [7, 11) is 0. The lowest BCUT2D eigenvalue weighted by Gasteiger charge is -2.09. The second-order valence-electron chi connectivity index (χ2n) is 6.21. The number of nitrogens with zero attached hydrogens (tertiary/aromatic N) is 4. The quantitative estimate of drug-likeness (QED) is 0.483. The van der Waals surface area contributed by atoms with E-state index in [1.165, 1.54) is 6.07 Å². The monoisotopic (exact) mass is 392 g/mol. The van der Waals surface area contributed by atoms with Crippen molar-refractivity contribution in [2.24, 2.45) is 0 Å². The molecule has 0 bridgehead atoms. The third-order valence-corrected chi connectivity index (χ3v) is 5.22. The fraction of sp³-hybridized carbons (Fsp3) is 0.0952. The molecule has 0 saturated heterocycles. The standard InChI is InChI=1S/C21H17FN4OS/c1-28(27)16-9-10-19(24-13-16)21-12-20(18-8-4-5-11-23-18)25-26(21)14-15-6-2-3-7-17(15)22/h2-13H,14H2,1H3. The summed E-state index contributed by atoms with van der Waals surface area (Å²) in [6.45, 7) is 0.262. The van der Waals surface area contributed by atoms with E-state index in [1.54, 1.807) is 53.7 Å². The fourth-order valence-corrected chi connectivity index (χ4v) is 3.33. The van der Waals surface area contributed by atoms with Gasteiger partial charge < -0.3 is 4.55 Å². The van der Waals surface area contributed by atoms with Gasteiger partial charge in [0.05, 0.1) is 29.8 Å². The van der Waals surface area contributed by atoms with Crippen LogP contribution in [-0.4, -0.2) is 30.6 Å². The van der Waals surface area contributed by atoms with Crippen LogP contribution in [0.25, 0.3) is 22.8 Å². The summed E-state index contributed by atoms with van der Waals surface area (Å²) in [5.41, 5.74) is 3.34. The highest BCUT2D eigenvalue weighted by Crippen LogP contribution is 2.26. The highest BCUT2D eigenvalue weighted by atomic mass is 32.2. The first-order valence-corrected chi connectivity index (χ1v) is 10.2. The normalized spacial score (nSPS) is 12.1. The molecule has 0 N–H and O–H groups in total. The molecule has 0 fully saturated rings. The molecule has 0 radical (unpaired) electrons. The Bertz CT molecular complexity index is 1080. The Morgan fingerprint density at radius 2 is 1.79 bits per heavy atom. The first-order valence-electron chi connectivity index (χ1n) is 8.64. The van der Waals surface area contributed by atoms with Gasteiger partial charge in [-0.05, 0) is 47.6 Å². The number of pyridine rings is 2. The van der Waals surface area contributed by atoms with Crippen molar-refractivity contribution in [3.05, 3.63) is 84.4 Å². The molecule has 0 aliphatic carbocycles. The van der Waals surface area contributed by atoms with Gasteiger partial charge in [0.2, 0.25) is 0 Å². The van der Waals surface area contributed by atoms with Crippen LogP contribution in [0.1, 0.15) is 5.56 Å². The van der Waals surface area contributed by atoms with Gasteiger partial charge in [0.15, 0.2) is 4.90 Å². The van der Waals surface area contributed by atoms with Crippen LogP contribution in [-0.2, 0) is 17.7 Å². The summed E-state index contributed by atoms with van der Waals surface area (Å²) in [5.74, 6) is -0.284. The molecule has 5 nitrogen and oxygen atoms in total. The molecule has 3 aromatic heterocycles. The van der Waals surface area contributed by atoms with E-state index in [-0.39, 0.29) is 12.4 Å². The highest BCUT2D eigenvalue weighted by Gasteiger charge is 2.16. The largest absolute Gasteiger partial charge is 0.612 e. The van der Waals surface area contributed by atoms with E-state index in [1.807, 2.05) is 24.3 Å². The van der Waals surface area contributed by atoms with Crippen molar-refractivity contribution in [3.63, 3.8) is 0 Å². The van der Waals surface area contributed by atoms with Crippen LogP contribution < -0.4 is 0 Å². The summed E-state index contributed by atoms with van der Waals surface area (Å²) in [6.07, 6.45) is 4.90. The molecule has 3 heterocycles. The van der Waals surface area contributed by atoms with Gasteiger partial charge in [0.25, 0.3) is 0 Å². The van der Waals surface area contributed by atoms with Gasteiger partial charge in [-0.2, -0.15) is 5.10 Å². The predicted molar refractivity (Wildman–Crippen MR) is 107 cm³/mol. The van der Waals surface area contributed by atoms with Crippen LogP contribution in [0.2, 0.25) is 0 Å². The van der Waals surface area contributed by atoms with Gasteiger partial charge in [-0.15, -0.1) is 0 Å². The van der Waals surface area contributed by atoms with Gasteiger partial charge in [-0.25, -0.2) is 9.37 Å². The smallest absolute Gasteiger partial charge is 0.170 e. The maximum atomic E-state index is 14.2. The molecule has 1 atom stereocenters. The number of halogens is 1. The first kappa shape index (κ1) is 18.3. The van der Waals surface area contributed by atoms with E-state index in [0.29, 0.717) is 21.8 Å². The molecule has 0 aliphatic heterocycles. The molecular formula is C21H17FN4OS. The van der Waals surface area contributed by atoms with Crippen molar-refractivity contribution >= 4 is 11.2 Å². The Hall–Kier alpha value is -3.03. The second-order valence-corrected chi connectivity index (χ2v) is 7.59. The average molecular weight is 392 g/mol. The molecule has 1 aromatic carbocycles. The zero-order chi connectivity index (χ0) is 19.5. The molecule has 4 rings (SSSR count). The van der Waals surface area contributed by atoms with Crippen LogP contribution in [0.4, 0.5) is 4.39 Å². The predicted octanol–water partition coefficient (Wildman–Crippen LogP) is 3.93. The van der Waals surface area contributed by atoms with Crippen molar-refractivity contribution in [3.8, 4) is 22.8 Å². The van der Waals surface area contributed by atoms with Gasteiger partial charge in [0.1, 0.15) is 17.8 Å². The van der Waals surface area contributed by atoms with E-state index in [0.717, 1.165) is 11.4 Å². The Labute approximate surface area is 165 Å². The molecule has 1 unspecified atom stereocenters. The fourth-order valence-electron chi connectivity index (χ4n) is 2.87. The molecule has 0 spiro atoms. The van der Waals surface area contributed by atoms with E-state index < -0.39 is 11.2 Å². The molecule has 140 valence electrons. The van der Waals surface area contributed by atoms with Crippen LogP contribution >= 0.6 is 0 Å². The average Bonchev–Trinajstić information content (AvgIpc) is 3.14. The molecule has 0 amide bonds. The Balaban J connectivity index is 1.79. The van der Waals surface area contributed by atoms with Crippen LogP contribution in [0.5, 0.6) is 0 Å². The first-order chi connectivity index (χ1) is 13.6. The Morgan fingerprint density at radius 1 is 0.964 bits per heavy atom. The summed E-state index contributed by atoms with van der Waals surface area (Å²) in [6, 6.07) is 17.7. The number of hydrogen-bond acceptors (Lipinski definition) is 4. The molecule has 28 heavy (non-hydrogen) atoms. The minimum Gasteiger partial charge on any atom is -0.612 e. The lowest BCUT2D eigenvalue weighted by atomic mass is 10.2. The number of rotatable bonds is 5. The summed E-state index contributed by atoms with van der Waals surface area (Å²) >= 11 is -1.10. The molecule has 7 heteroatoms. The third kappa shape index (κ3) is 3.81. The SMILES string of the molecule is C[S+]([O-])c1ccc(-c2cc(-c3ccccn3)nn2Cc2ccccc2F)nc1. The lowest BCUT2D eigenvalue weighted by molar-refractivity contribution is 0.587. The Kier molecular flexibility index (Phi) is 5.18. The zero-order valence-corrected chi connectivity index (χ0v) is 15.9. The molecular weight excluding hydrogens is 375 g/mol. The van der Waals surface area contributed by atoms with Crippen LogP contribution in [0, 0.1) is 5.82 Å². The summed E-state index contributed by atoms with van der Waals surface area (Å²) in [4.78, 5) is 9.43. The van der Waals surface area contributed by atoms with Crippen molar-refractivity contribution in [2.45, 2.75) is 11.4 Å². The maximum absolute atomic E-state index is 14.2. The van der Waals surface area contributed by atoms with Gasteiger partial charge in [-0.1, -0.05) is 24.3 Å². The lowest BCUT2D eigenvalue weighted by Crippen LogP contribution is -2.06. The van der Waals surface area contributed by atoms with E-state index in [4.69, 9.17) is 0 Å². The van der Waals surface area contributed by atoms with Gasteiger partial charge >= 0.3 is 0 Å². The second kappa shape index (κ2) is 7.92. The number of aromatic nitrogens is 4. The molecule has 0 aliphatic rings. The zero-order valence-electron chi connectivity index (χ0n) is 15.1. The van der Waals surface area contributed by atoms with E-state index in [2.05, 4.69) is 15.1 Å². The third-order valence-electron chi connectivity index (χ3n) is 4.32. The number of hydrogen-bond donors (Lipinski definition) is 0. The van der Waals surface area contributed by atoms with Crippen LogP contribution in [0.3, 0.4) is 0 Å². The molecule has 4 aromatic rings. The summed E-state index contributed by atoms with van der Waals surface area (Å²) < 4.78 is 27.5. The van der Waals surface area contributed by atoms with Crippen molar-refractivity contribution < 1.29 is 8.94 Å². The molecule has 0 saturated carbocycles. The Morgan fingerprint density at radius 3 is 2.46 bits per heavy atom. The van der Waals surface area contributed by atoms with Crippen LogP contribution in [0.15, 0.2) is 78.0 Å². The highest BCUT2D eigenvalue weighted by molar-refractivity contribution is 7.90. The van der Waals surface area contributed by atoms with Crippen molar-refractivity contribution in [2.75, 3.05) is 6.26 Å². The van der Waals surface area contributed by atoms with Gasteiger partial charge in [0, 0.05) is 11.8 Å². The van der Waals surface area contributed by atoms with E-state index >= 15 is 0 Å². The van der Waals surface area contributed by atoms with Gasteiger partial charge in [-0.3, -0.25) is 9.67 Å². The maximum Gasteiger partial charge on any atom is 0.170 e. The van der Waals surface area contributed by atoms with E-state index in [9.17, 15) is 8.94 Å². The minimum atomic E-state index is -1.10. The van der Waals surface area contributed by atoms with Crippen molar-refractivity contribution in [1.29, 1.82) is 0 Å². The minimum absolute atomic E-state index is 0.262. The van der Waals surface area contributed by atoms with Crippen molar-refractivity contribution in [1.82, 2.24) is 19.7 Å². The summed E-state index contributed by atoms with van der Waals surface area (Å²) in [5, 5.41) is 4.64.